The van der Waals surface area contributed by atoms with Crippen LogP contribution < -0.4 is 10.6 Å². The molecule has 0 aliphatic carbocycles. The number of nitrogens with zero attached hydrogens (tertiary/aromatic N) is 2. The van der Waals surface area contributed by atoms with Gasteiger partial charge in [0.15, 0.2) is 5.84 Å². The summed E-state index contributed by atoms with van der Waals surface area (Å²) >= 11 is 5.99. The summed E-state index contributed by atoms with van der Waals surface area (Å²) in [6.07, 6.45) is 2.29. The average molecular weight is 298 g/mol. The third-order valence-electron chi connectivity index (χ3n) is 3.53. The van der Waals surface area contributed by atoms with Crippen molar-refractivity contribution >= 4 is 23.1 Å². The highest BCUT2D eigenvalue weighted by Crippen LogP contribution is 2.27. The highest BCUT2D eigenvalue weighted by molar-refractivity contribution is 6.31. The number of hydrogen-bond acceptors (Lipinski definition) is 4. The van der Waals surface area contributed by atoms with Crippen LogP contribution in [0.25, 0.3) is 0 Å². The molecular formula is C14H20ClN3O2. The number of nitrogens with two attached hydrogens (primary N) is 1. The molecule has 3 N–H and O–H groups in total. The van der Waals surface area contributed by atoms with Gasteiger partial charge in [-0.15, -0.1) is 0 Å². The lowest BCUT2D eigenvalue weighted by molar-refractivity contribution is 0.0459. The third-order valence-corrected chi connectivity index (χ3v) is 3.76. The van der Waals surface area contributed by atoms with Crippen LogP contribution in [0.3, 0.4) is 0 Å². The molecule has 0 atom stereocenters. The van der Waals surface area contributed by atoms with E-state index < -0.39 is 0 Å². The maximum Gasteiger partial charge on any atom is 0.172 e. The molecule has 0 radical (unpaired) electrons. The first-order chi connectivity index (χ1) is 9.65. The Balaban J connectivity index is 2.17. The fourth-order valence-electron chi connectivity index (χ4n) is 2.54. The third kappa shape index (κ3) is 3.35. The second-order valence-electron chi connectivity index (χ2n) is 4.79. The van der Waals surface area contributed by atoms with Crippen molar-refractivity contribution in [2.75, 3.05) is 24.6 Å². The van der Waals surface area contributed by atoms with Crippen LogP contribution in [0.4, 0.5) is 5.69 Å². The Hall–Kier alpha value is -1.46. The summed E-state index contributed by atoms with van der Waals surface area (Å²) in [5.74, 6) is 0.0782. The molecule has 5 nitrogen and oxygen atoms in total. The Morgan fingerprint density at radius 2 is 2.20 bits per heavy atom. The van der Waals surface area contributed by atoms with Crippen molar-refractivity contribution in [3.63, 3.8) is 0 Å². The Kier molecular flexibility index (Phi) is 5.09. The fourth-order valence-corrected chi connectivity index (χ4v) is 2.71. The number of amidine groups is 1. The number of ether oxygens (including phenoxy) is 1. The zero-order valence-electron chi connectivity index (χ0n) is 11.6. The largest absolute Gasteiger partial charge is 0.409 e. The molecule has 6 heteroatoms. The molecule has 0 amide bonds. The minimum absolute atomic E-state index is 0.0782. The molecule has 0 spiro atoms. The topological polar surface area (TPSA) is 71.1 Å². The van der Waals surface area contributed by atoms with Crippen molar-refractivity contribution in [1.29, 1.82) is 0 Å². The predicted molar refractivity (Wildman–Crippen MR) is 80.8 cm³/mol. The number of halogens is 1. The summed E-state index contributed by atoms with van der Waals surface area (Å²) in [6, 6.07) is 5.46. The fraction of sp³-hybridized carbons (Fsp3) is 0.500. The zero-order valence-corrected chi connectivity index (χ0v) is 12.3. The molecule has 2 rings (SSSR count). The maximum absolute atomic E-state index is 8.90. The Morgan fingerprint density at radius 1 is 1.50 bits per heavy atom. The van der Waals surface area contributed by atoms with Gasteiger partial charge in [0.2, 0.25) is 0 Å². The standard InChI is InChI=1S/C14H20ClN3O2/c1-2-20-11-5-7-18(8-6-11)13-4-3-10(15)9-12(13)14(16)17-19/h3-4,9,11,19H,2,5-8H2,1H3,(H2,16,17). The van der Waals surface area contributed by atoms with Gasteiger partial charge in [-0.2, -0.15) is 0 Å². The number of piperidine rings is 1. The molecule has 1 aromatic carbocycles. The van der Waals surface area contributed by atoms with Crippen molar-refractivity contribution in [2.24, 2.45) is 10.9 Å². The van der Waals surface area contributed by atoms with Gasteiger partial charge in [-0.25, -0.2) is 0 Å². The number of benzene rings is 1. The minimum atomic E-state index is 0.0782. The highest BCUT2D eigenvalue weighted by atomic mass is 35.5. The summed E-state index contributed by atoms with van der Waals surface area (Å²) in [5.41, 5.74) is 7.34. The maximum atomic E-state index is 8.90. The van der Waals surface area contributed by atoms with E-state index in [0.29, 0.717) is 16.7 Å². The van der Waals surface area contributed by atoms with Crippen LogP contribution in [0.2, 0.25) is 5.02 Å². The summed E-state index contributed by atoms with van der Waals surface area (Å²) in [6.45, 7) is 4.54. The van der Waals surface area contributed by atoms with Gasteiger partial charge in [0.1, 0.15) is 0 Å². The molecule has 1 aromatic rings. The van der Waals surface area contributed by atoms with Gasteiger partial charge in [0.05, 0.1) is 6.10 Å². The normalized spacial score (nSPS) is 17.5. The summed E-state index contributed by atoms with van der Waals surface area (Å²) < 4.78 is 5.65. The van der Waals surface area contributed by atoms with E-state index >= 15 is 0 Å². The lowest BCUT2D eigenvalue weighted by Gasteiger charge is -2.34. The van der Waals surface area contributed by atoms with Gasteiger partial charge in [-0.3, -0.25) is 0 Å². The van der Waals surface area contributed by atoms with Crippen LogP contribution in [0.5, 0.6) is 0 Å². The van der Waals surface area contributed by atoms with Crippen LogP contribution >= 0.6 is 11.6 Å². The van der Waals surface area contributed by atoms with E-state index in [4.69, 9.17) is 27.3 Å². The summed E-state index contributed by atoms with van der Waals surface area (Å²) in [4.78, 5) is 2.22. The van der Waals surface area contributed by atoms with Gasteiger partial charge in [0.25, 0.3) is 0 Å². The molecule has 1 aliphatic rings. The lowest BCUT2D eigenvalue weighted by Crippen LogP contribution is -2.38. The SMILES string of the molecule is CCOC1CCN(c2ccc(Cl)cc2C(N)=NO)CC1. The highest BCUT2D eigenvalue weighted by Gasteiger charge is 2.22. The van der Waals surface area contributed by atoms with Crippen molar-refractivity contribution in [1.82, 2.24) is 0 Å². The lowest BCUT2D eigenvalue weighted by atomic mass is 10.0. The van der Waals surface area contributed by atoms with Gasteiger partial charge >= 0.3 is 0 Å². The molecule has 0 unspecified atom stereocenters. The Morgan fingerprint density at radius 3 is 2.80 bits per heavy atom. The van der Waals surface area contributed by atoms with Crippen LogP contribution in [0.1, 0.15) is 25.3 Å². The van der Waals surface area contributed by atoms with Gasteiger partial charge in [-0.05, 0) is 38.0 Å². The van der Waals surface area contributed by atoms with E-state index in [1.165, 1.54) is 0 Å². The van der Waals surface area contributed by atoms with Crippen molar-refractivity contribution < 1.29 is 9.94 Å². The van der Waals surface area contributed by atoms with E-state index in [1.807, 2.05) is 19.1 Å². The summed E-state index contributed by atoms with van der Waals surface area (Å²) in [7, 11) is 0. The van der Waals surface area contributed by atoms with Crippen molar-refractivity contribution in [3.8, 4) is 0 Å². The molecule has 0 bridgehead atoms. The average Bonchev–Trinajstić information content (AvgIpc) is 2.47. The molecule has 0 saturated carbocycles. The minimum Gasteiger partial charge on any atom is -0.409 e. The molecule has 110 valence electrons. The first-order valence-corrected chi connectivity index (χ1v) is 7.17. The number of anilines is 1. The summed E-state index contributed by atoms with van der Waals surface area (Å²) in [5, 5.41) is 12.5. The second-order valence-corrected chi connectivity index (χ2v) is 5.22. The molecular weight excluding hydrogens is 278 g/mol. The van der Waals surface area contributed by atoms with Crippen LogP contribution in [-0.4, -0.2) is 36.8 Å². The Labute approximate surface area is 124 Å². The molecule has 0 aromatic heterocycles. The first-order valence-electron chi connectivity index (χ1n) is 6.79. The quantitative estimate of drug-likeness (QED) is 0.387. The number of oxime groups is 1. The molecule has 1 fully saturated rings. The molecule has 1 saturated heterocycles. The van der Waals surface area contributed by atoms with Gasteiger partial charge < -0.3 is 20.6 Å². The number of hydrogen-bond donors (Lipinski definition) is 2. The second kappa shape index (κ2) is 6.81. The van der Waals surface area contributed by atoms with E-state index in [9.17, 15) is 0 Å². The van der Waals surface area contributed by atoms with E-state index in [1.54, 1.807) is 6.07 Å². The molecule has 20 heavy (non-hydrogen) atoms. The van der Waals surface area contributed by atoms with Crippen molar-refractivity contribution in [3.05, 3.63) is 28.8 Å². The molecule has 1 aliphatic heterocycles. The van der Waals surface area contributed by atoms with Crippen LogP contribution in [0, 0.1) is 0 Å². The van der Waals surface area contributed by atoms with E-state index in [2.05, 4.69) is 10.1 Å². The Bertz CT molecular complexity index is 485. The van der Waals surface area contributed by atoms with Crippen LogP contribution in [-0.2, 0) is 4.74 Å². The molecule has 1 heterocycles. The zero-order chi connectivity index (χ0) is 14.5. The van der Waals surface area contributed by atoms with Crippen LogP contribution in [0.15, 0.2) is 23.4 Å². The van der Waals surface area contributed by atoms with Crippen molar-refractivity contribution in [2.45, 2.75) is 25.9 Å². The van der Waals surface area contributed by atoms with Gasteiger partial charge in [0, 0.05) is 36.0 Å². The van der Waals surface area contributed by atoms with Gasteiger partial charge in [-0.1, -0.05) is 16.8 Å². The predicted octanol–water partition coefficient (Wildman–Crippen LogP) is 2.44. The number of rotatable bonds is 4. The first kappa shape index (κ1) is 14.9. The van der Waals surface area contributed by atoms with E-state index in [0.717, 1.165) is 38.2 Å². The smallest absolute Gasteiger partial charge is 0.172 e. The monoisotopic (exact) mass is 297 g/mol. The van der Waals surface area contributed by atoms with E-state index in [-0.39, 0.29) is 5.84 Å².